The lowest BCUT2D eigenvalue weighted by Gasteiger charge is -1.99. The molecule has 0 nitrogen and oxygen atoms in total. The highest BCUT2D eigenvalue weighted by Crippen LogP contribution is 2.34. The molecule has 0 N–H and O–H groups in total. The SMILES string of the molecule is I.IC1C=Cc2ccccc21. The second-order valence-corrected chi connectivity index (χ2v) is 3.73. The van der Waals surface area contributed by atoms with Gasteiger partial charge in [0, 0.05) is 0 Å². The van der Waals surface area contributed by atoms with Gasteiger partial charge in [-0.3, -0.25) is 0 Å². The minimum absolute atomic E-state index is 0. The third-order valence-electron chi connectivity index (χ3n) is 1.74. The summed E-state index contributed by atoms with van der Waals surface area (Å²) in [5.74, 6) is 0. The highest BCUT2D eigenvalue weighted by atomic mass is 127. The monoisotopic (exact) mass is 370 g/mol. The van der Waals surface area contributed by atoms with E-state index < -0.39 is 0 Å². The van der Waals surface area contributed by atoms with Crippen molar-refractivity contribution in [2.24, 2.45) is 0 Å². The average Bonchev–Trinajstić information content (AvgIpc) is 2.34. The average molecular weight is 370 g/mol. The molecule has 1 aliphatic rings. The fourth-order valence-corrected chi connectivity index (χ4v) is 1.98. The van der Waals surface area contributed by atoms with Gasteiger partial charge in [0.2, 0.25) is 0 Å². The van der Waals surface area contributed by atoms with Crippen LogP contribution in [0.2, 0.25) is 0 Å². The van der Waals surface area contributed by atoms with E-state index in [4.69, 9.17) is 0 Å². The van der Waals surface area contributed by atoms with Gasteiger partial charge in [0.25, 0.3) is 0 Å². The van der Waals surface area contributed by atoms with Crippen molar-refractivity contribution in [3.63, 3.8) is 0 Å². The summed E-state index contributed by atoms with van der Waals surface area (Å²) in [6.07, 6.45) is 4.41. The fraction of sp³-hybridized carbons (Fsp3) is 0.111. The number of alkyl halides is 1. The lowest BCUT2D eigenvalue weighted by molar-refractivity contribution is 1.32. The zero-order valence-electron chi connectivity index (χ0n) is 5.83. The lowest BCUT2D eigenvalue weighted by Crippen LogP contribution is -1.80. The van der Waals surface area contributed by atoms with E-state index in [0.29, 0.717) is 3.92 Å². The van der Waals surface area contributed by atoms with Crippen LogP contribution in [-0.4, -0.2) is 0 Å². The van der Waals surface area contributed by atoms with Crippen LogP contribution in [-0.2, 0) is 0 Å². The Hall–Kier alpha value is 0.420. The summed E-state index contributed by atoms with van der Waals surface area (Å²) < 4.78 is 0.591. The van der Waals surface area contributed by atoms with Gasteiger partial charge < -0.3 is 0 Å². The highest BCUT2D eigenvalue weighted by molar-refractivity contribution is 14.1. The first-order chi connectivity index (χ1) is 4.88. The first kappa shape index (κ1) is 9.51. The molecule has 0 saturated carbocycles. The van der Waals surface area contributed by atoms with Crippen molar-refractivity contribution >= 4 is 52.6 Å². The summed E-state index contributed by atoms with van der Waals surface area (Å²) in [6, 6.07) is 8.52. The van der Waals surface area contributed by atoms with Gasteiger partial charge in [-0.15, -0.1) is 24.0 Å². The maximum absolute atomic E-state index is 2.44. The number of rotatable bonds is 0. The molecule has 58 valence electrons. The predicted octanol–water partition coefficient (Wildman–Crippen LogP) is 3.81. The van der Waals surface area contributed by atoms with Crippen molar-refractivity contribution in [3.05, 3.63) is 41.5 Å². The molecule has 1 aliphatic carbocycles. The molecule has 0 aromatic heterocycles. The molecule has 0 spiro atoms. The van der Waals surface area contributed by atoms with Gasteiger partial charge in [-0.2, -0.15) is 0 Å². The zero-order valence-corrected chi connectivity index (χ0v) is 10.3. The summed E-state index contributed by atoms with van der Waals surface area (Å²) >= 11 is 2.44. The maximum Gasteiger partial charge on any atom is 0.0548 e. The van der Waals surface area contributed by atoms with E-state index in [1.54, 1.807) is 0 Å². The van der Waals surface area contributed by atoms with Gasteiger partial charge in [-0.1, -0.05) is 59.0 Å². The van der Waals surface area contributed by atoms with E-state index >= 15 is 0 Å². The molecule has 0 saturated heterocycles. The first-order valence-electron chi connectivity index (χ1n) is 3.29. The van der Waals surface area contributed by atoms with Crippen LogP contribution in [0.15, 0.2) is 30.3 Å². The number of benzene rings is 1. The van der Waals surface area contributed by atoms with E-state index in [0.717, 1.165) is 0 Å². The quantitative estimate of drug-likeness (QED) is 0.482. The number of fused-ring (bicyclic) bond motifs is 1. The molecule has 1 atom stereocenters. The fourth-order valence-electron chi connectivity index (χ4n) is 1.21. The Kier molecular flexibility index (Phi) is 3.36. The van der Waals surface area contributed by atoms with Crippen molar-refractivity contribution in [2.45, 2.75) is 3.92 Å². The van der Waals surface area contributed by atoms with Gasteiger partial charge >= 0.3 is 0 Å². The number of hydrogen-bond donors (Lipinski definition) is 0. The molecule has 0 aliphatic heterocycles. The summed E-state index contributed by atoms with van der Waals surface area (Å²) in [5.41, 5.74) is 2.82. The van der Waals surface area contributed by atoms with Crippen LogP contribution in [0.3, 0.4) is 0 Å². The van der Waals surface area contributed by atoms with Crippen LogP contribution in [0.4, 0.5) is 0 Å². The minimum Gasteiger partial charge on any atom is -0.107 e. The Labute approximate surface area is 97.2 Å². The van der Waals surface area contributed by atoms with Crippen molar-refractivity contribution in [3.8, 4) is 0 Å². The van der Waals surface area contributed by atoms with E-state index in [1.807, 2.05) is 0 Å². The largest absolute Gasteiger partial charge is 0.107 e. The summed E-state index contributed by atoms with van der Waals surface area (Å²) in [6.45, 7) is 0. The van der Waals surface area contributed by atoms with Crippen molar-refractivity contribution < 1.29 is 0 Å². The molecule has 0 fully saturated rings. The molecule has 0 bridgehead atoms. The molecule has 2 heteroatoms. The molecule has 0 amide bonds. The van der Waals surface area contributed by atoms with Crippen LogP contribution in [0.25, 0.3) is 6.08 Å². The molecule has 1 unspecified atom stereocenters. The smallest absolute Gasteiger partial charge is 0.0548 e. The summed E-state index contributed by atoms with van der Waals surface area (Å²) in [5, 5.41) is 0. The Morgan fingerprint density at radius 3 is 2.64 bits per heavy atom. The van der Waals surface area contributed by atoms with E-state index in [-0.39, 0.29) is 24.0 Å². The molecule has 0 radical (unpaired) electrons. The topological polar surface area (TPSA) is 0 Å². The van der Waals surface area contributed by atoms with E-state index in [2.05, 4.69) is 59.0 Å². The van der Waals surface area contributed by atoms with E-state index in [1.165, 1.54) is 11.1 Å². The number of hydrogen-bond acceptors (Lipinski definition) is 0. The Morgan fingerprint density at radius 1 is 1.18 bits per heavy atom. The summed E-state index contributed by atoms with van der Waals surface area (Å²) in [7, 11) is 0. The second kappa shape index (κ2) is 3.89. The number of halogens is 2. The lowest BCUT2D eigenvalue weighted by atomic mass is 10.1. The van der Waals surface area contributed by atoms with Crippen LogP contribution in [0, 0.1) is 0 Å². The summed E-state index contributed by atoms with van der Waals surface area (Å²) in [4.78, 5) is 0. The second-order valence-electron chi connectivity index (χ2n) is 2.39. The maximum atomic E-state index is 2.44. The molecular weight excluding hydrogens is 362 g/mol. The van der Waals surface area contributed by atoms with Gasteiger partial charge in [-0.25, -0.2) is 0 Å². The van der Waals surface area contributed by atoms with Crippen molar-refractivity contribution in [1.82, 2.24) is 0 Å². The standard InChI is InChI=1S/C9H7I.HI/c10-9-6-5-7-3-1-2-4-8(7)9;/h1-6,9H;1H. The van der Waals surface area contributed by atoms with Gasteiger partial charge in [0.1, 0.15) is 0 Å². The number of allylic oxidation sites excluding steroid dienone is 1. The minimum atomic E-state index is 0. The van der Waals surface area contributed by atoms with Gasteiger partial charge in [0.05, 0.1) is 3.92 Å². The van der Waals surface area contributed by atoms with Crippen LogP contribution in [0.5, 0.6) is 0 Å². The van der Waals surface area contributed by atoms with Crippen LogP contribution >= 0.6 is 46.6 Å². The highest BCUT2D eigenvalue weighted by Gasteiger charge is 2.11. The van der Waals surface area contributed by atoms with Crippen LogP contribution in [0.1, 0.15) is 15.1 Å². The van der Waals surface area contributed by atoms with Crippen LogP contribution < -0.4 is 0 Å². The van der Waals surface area contributed by atoms with E-state index in [9.17, 15) is 0 Å². The Bertz CT molecular complexity index is 279. The van der Waals surface area contributed by atoms with Gasteiger partial charge in [0.15, 0.2) is 0 Å². The third-order valence-corrected chi connectivity index (χ3v) is 2.82. The molecule has 1 aromatic rings. The molecular formula is C9H8I2. The Balaban J connectivity index is 0.000000605. The predicted molar refractivity (Wildman–Crippen MR) is 67.7 cm³/mol. The van der Waals surface area contributed by atoms with Crippen molar-refractivity contribution in [2.75, 3.05) is 0 Å². The molecule has 2 rings (SSSR count). The third kappa shape index (κ3) is 1.77. The molecule has 0 heterocycles. The normalized spacial score (nSPS) is 19.2. The van der Waals surface area contributed by atoms with Gasteiger partial charge in [-0.05, 0) is 11.1 Å². The van der Waals surface area contributed by atoms with Crippen molar-refractivity contribution in [1.29, 1.82) is 0 Å². The first-order valence-corrected chi connectivity index (χ1v) is 4.54. The Morgan fingerprint density at radius 2 is 1.91 bits per heavy atom. The molecule has 11 heavy (non-hydrogen) atoms. The molecule has 1 aromatic carbocycles. The zero-order chi connectivity index (χ0) is 6.97.